The second kappa shape index (κ2) is 9.95. The van der Waals surface area contributed by atoms with Crippen LogP contribution < -0.4 is 5.01 Å². The maximum Gasteiger partial charge on any atom is 0.157 e. The molecule has 1 aromatic rings. The highest BCUT2D eigenvalue weighted by Crippen LogP contribution is 2.68. The number of aryl methyl sites for hydroxylation is 1. The Kier molecular flexibility index (Phi) is 7.30. The van der Waals surface area contributed by atoms with Gasteiger partial charge in [0.15, 0.2) is 5.78 Å². The smallest absolute Gasteiger partial charge is 0.157 e. The first-order valence-corrected chi connectivity index (χ1v) is 14.7. The van der Waals surface area contributed by atoms with E-state index in [1.54, 1.807) is 5.01 Å². The summed E-state index contributed by atoms with van der Waals surface area (Å²) in [7, 11) is 1.85. The molecule has 4 aliphatic carbocycles. The molecule has 0 radical (unpaired) electrons. The van der Waals surface area contributed by atoms with Gasteiger partial charge in [0.2, 0.25) is 0 Å². The summed E-state index contributed by atoms with van der Waals surface area (Å²) in [5, 5.41) is 17.5. The largest absolute Gasteiger partial charge is 0.390 e. The van der Waals surface area contributed by atoms with E-state index >= 15 is 0 Å². The number of carbonyl (C=O) groups excluding carboxylic acids is 1. The van der Waals surface area contributed by atoms with Crippen LogP contribution >= 0.6 is 11.6 Å². The number of Topliss-reactive ketones (excluding diaryl/α,β-unsaturated/α-hetero) is 1. The molecule has 0 aliphatic heterocycles. The number of halogens is 1. The Bertz CT molecular complexity index is 1040. The molecule has 5 rings (SSSR count). The van der Waals surface area contributed by atoms with Crippen LogP contribution in [0.25, 0.3) is 0 Å². The van der Waals surface area contributed by atoms with E-state index in [0.717, 1.165) is 56.4 Å². The summed E-state index contributed by atoms with van der Waals surface area (Å²) in [6.45, 7) is 11.3. The normalized spacial score (nSPS) is 40.9. The third kappa shape index (κ3) is 4.57. The number of nitrogens with zero attached hydrogens (tertiary/aromatic N) is 2. The van der Waals surface area contributed by atoms with Crippen LogP contribution in [-0.4, -0.2) is 43.5 Å². The van der Waals surface area contributed by atoms with Crippen molar-refractivity contribution in [2.24, 2.45) is 45.5 Å². The van der Waals surface area contributed by atoms with Gasteiger partial charge >= 0.3 is 0 Å². The van der Waals surface area contributed by atoms with Crippen molar-refractivity contribution in [3.63, 3.8) is 0 Å². The van der Waals surface area contributed by atoms with E-state index in [9.17, 15) is 9.90 Å². The molecule has 4 fully saturated rings. The zero-order valence-corrected chi connectivity index (χ0v) is 23.9. The number of hydrogen-bond acceptors (Lipinski definition) is 5. The van der Waals surface area contributed by atoms with Crippen molar-refractivity contribution < 1.29 is 14.6 Å². The Hall–Kier alpha value is -1.43. The van der Waals surface area contributed by atoms with Crippen molar-refractivity contribution in [3.05, 3.63) is 28.8 Å². The average Bonchev–Trinajstić information content (AvgIpc) is 3.20. The highest BCUT2D eigenvalue weighted by atomic mass is 35.5. The van der Waals surface area contributed by atoms with E-state index in [-0.39, 0.29) is 23.3 Å². The number of ether oxygens (including phenoxy) is 1. The molecule has 0 heterocycles. The Morgan fingerprint density at radius 3 is 2.65 bits per heavy atom. The lowest BCUT2D eigenvalue weighted by molar-refractivity contribution is -0.175. The fourth-order valence-corrected chi connectivity index (χ4v) is 9.92. The van der Waals surface area contributed by atoms with Crippen molar-refractivity contribution >= 4 is 29.8 Å². The van der Waals surface area contributed by atoms with E-state index in [1.165, 1.54) is 19.3 Å². The summed E-state index contributed by atoms with van der Waals surface area (Å²) in [5.41, 5.74) is 1.57. The molecule has 5 nitrogen and oxygen atoms in total. The molecular formula is C31H45ClN2O3. The van der Waals surface area contributed by atoms with Crippen LogP contribution in [-0.2, 0) is 9.53 Å². The second-order valence-electron chi connectivity index (χ2n) is 13.3. The number of fused-ring (bicyclic) bond motifs is 5. The number of ketones is 1. The van der Waals surface area contributed by atoms with Crippen LogP contribution in [0.15, 0.2) is 23.3 Å². The predicted molar refractivity (Wildman–Crippen MR) is 150 cm³/mol. The number of benzene rings is 1. The molecule has 6 heteroatoms. The number of methoxy groups -OCH3 is 1. The van der Waals surface area contributed by atoms with Crippen molar-refractivity contribution in [2.45, 2.75) is 84.2 Å². The first-order chi connectivity index (χ1) is 17.5. The molecule has 4 aliphatic rings. The number of hydrogen-bond donors (Lipinski definition) is 1. The lowest BCUT2D eigenvalue weighted by atomic mass is 9.43. The summed E-state index contributed by atoms with van der Waals surface area (Å²) in [6, 6.07) is 5.68. The lowest BCUT2D eigenvalue weighted by Crippen LogP contribution is -2.58. The van der Waals surface area contributed by atoms with Crippen LogP contribution in [0.1, 0.15) is 77.2 Å². The molecule has 1 N–H and O–H groups in total. The molecule has 4 saturated carbocycles. The van der Waals surface area contributed by atoms with E-state index in [0.29, 0.717) is 34.5 Å². The Morgan fingerprint density at radius 2 is 1.95 bits per heavy atom. The average molecular weight is 529 g/mol. The predicted octanol–water partition coefficient (Wildman–Crippen LogP) is 6.68. The SMILES string of the molecule is C=NN(CC(=O)[C@H]1CC[C@H]2[C@@H]3CC[C@H]4C[C@](C)(O)CC[C@]4(COC)[C@H]3CC[C@]12C)c1ccc(Cl)cc1C. The van der Waals surface area contributed by atoms with Gasteiger partial charge in [0, 0.05) is 24.8 Å². The quantitative estimate of drug-likeness (QED) is 0.317. The van der Waals surface area contributed by atoms with Gasteiger partial charge in [0.25, 0.3) is 0 Å². The molecule has 0 aromatic heterocycles. The molecule has 8 atom stereocenters. The van der Waals surface area contributed by atoms with Gasteiger partial charge in [0.1, 0.15) is 6.54 Å². The molecular weight excluding hydrogens is 484 g/mol. The molecule has 0 saturated heterocycles. The monoisotopic (exact) mass is 528 g/mol. The molecule has 0 amide bonds. The van der Waals surface area contributed by atoms with Gasteiger partial charge in [-0.2, -0.15) is 5.10 Å². The lowest BCUT2D eigenvalue weighted by Gasteiger charge is -2.62. The minimum atomic E-state index is -0.545. The van der Waals surface area contributed by atoms with Gasteiger partial charge in [0.05, 0.1) is 17.9 Å². The molecule has 204 valence electrons. The Morgan fingerprint density at radius 1 is 1.16 bits per heavy atom. The van der Waals surface area contributed by atoms with Crippen molar-refractivity contribution in [3.8, 4) is 0 Å². The van der Waals surface area contributed by atoms with Gasteiger partial charge in [-0.1, -0.05) is 18.5 Å². The number of carbonyl (C=O) groups is 1. The second-order valence-corrected chi connectivity index (χ2v) is 13.7. The minimum Gasteiger partial charge on any atom is -0.390 e. The molecule has 1 aromatic carbocycles. The van der Waals surface area contributed by atoms with E-state index in [2.05, 4.69) is 18.7 Å². The summed E-state index contributed by atoms with van der Waals surface area (Å²) in [5.74, 6) is 2.77. The van der Waals surface area contributed by atoms with Crippen molar-refractivity contribution in [2.75, 3.05) is 25.3 Å². The summed E-state index contributed by atoms with van der Waals surface area (Å²) >= 11 is 6.16. The van der Waals surface area contributed by atoms with Crippen LogP contribution in [0.5, 0.6) is 0 Å². The van der Waals surface area contributed by atoms with Crippen molar-refractivity contribution in [1.29, 1.82) is 0 Å². The third-order valence-electron chi connectivity index (χ3n) is 11.4. The van der Waals surface area contributed by atoms with Crippen LogP contribution in [0.2, 0.25) is 5.02 Å². The number of rotatable bonds is 7. The van der Waals surface area contributed by atoms with E-state index < -0.39 is 5.60 Å². The maximum atomic E-state index is 13.8. The first-order valence-electron chi connectivity index (χ1n) is 14.3. The molecule has 0 unspecified atom stereocenters. The van der Waals surface area contributed by atoms with Gasteiger partial charge in [-0.3, -0.25) is 9.80 Å². The van der Waals surface area contributed by atoms with Crippen LogP contribution in [0, 0.1) is 47.3 Å². The Labute approximate surface area is 228 Å². The fourth-order valence-electron chi connectivity index (χ4n) is 9.69. The van der Waals surface area contributed by atoms with Gasteiger partial charge in [-0.25, -0.2) is 0 Å². The molecule has 0 spiro atoms. The fraction of sp³-hybridized carbons (Fsp3) is 0.742. The van der Waals surface area contributed by atoms with Crippen LogP contribution in [0.4, 0.5) is 5.69 Å². The number of anilines is 1. The highest BCUT2D eigenvalue weighted by Gasteiger charge is 2.63. The van der Waals surface area contributed by atoms with Gasteiger partial charge < -0.3 is 9.84 Å². The van der Waals surface area contributed by atoms with Crippen LogP contribution in [0.3, 0.4) is 0 Å². The zero-order valence-electron chi connectivity index (χ0n) is 23.1. The standard InChI is InChI=1S/C31H45ClN2O3/c1-20-16-22(32)7-11-27(20)34(33-4)18-28(35)26-10-9-24-23-8-6-21-17-29(2,36)14-15-31(21,19-37-5)25(23)12-13-30(24,26)3/h7,11,16,21,23-26,36H,4,6,8-10,12-15,17-19H2,1-3,5H3/t21-,23-,24-,25-,26+,29+,30-,31+/m0/s1. The maximum absolute atomic E-state index is 13.8. The molecule has 37 heavy (non-hydrogen) atoms. The highest BCUT2D eigenvalue weighted by molar-refractivity contribution is 6.30. The third-order valence-corrected chi connectivity index (χ3v) is 11.6. The number of hydrazone groups is 1. The van der Waals surface area contributed by atoms with E-state index in [4.69, 9.17) is 16.3 Å². The Balaban J connectivity index is 1.35. The first kappa shape index (κ1) is 27.1. The summed E-state index contributed by atoms with van der Waals surface area (Å²) in [6.07, 6.45) is 9.62. The summed E-state index contributed by atoms with van der Waals surface area (Å²) in [4.78, 5) is 13.8. The summed E-state index contributed by atoms with van der Waals surface area (Å²) < 4.78 is 5.90. The van der Waals surface area contributed by atoms with Gasteiger partial charge in [-0.15, -0.1) is 0 Å². The zero-order chi connectivity index (χ0) is 26.6. The topological polar surface area (TPSA) is 62.1 Å². The number of aliphatic hydroxyl groups is 1. The van der Waals surface area contributed by atoms with Gasteiger partial charge in [-0.05, 0) is 130 Å². The minimum absolute atomic E-state index is 0.0430. The van der Waals surface area contributed by atoms with E-state index in [1.807, 2.05) is 39.2 Å². The van der Waals surface area contributed by atoms with Crippen molar-refractivity contribution in [1.82, 2.24) is 0 Å². The molecule has 0 bridgehead atoms.